The van der Waals surface area contributed by atoms with E-state index < -0.39 is 22.0 Å². The first-order valence-electron chi connectivity index (χ1n) is 10.9. The van der Waals surface area contributed by atoms with Crippen molar-refractivity contribution in [1.82, 2.24) is 14.9 Å². The van der Waals surface area contributed by atoms with Crippen molar-refractivity contribution in [1.29, 1.82) is 0 Å². The number of sulfonamides is 1. The van der Waals surface area contributed by atoms with Gasteiger partial charge in [0, 0.05) is 13.1 Å². The second kappa shape index (κ2) is 10.3. The minimum absolute atomic E-state index is 0.0946. The first kappa shape index (κ1) is 23.9. The molecule has 1 amide bonds. The maximum absolute atomic E-state index is 12.4. The molecule has 2 fully saturated rings. The number of benzene rings is 1. The van der Waals surface area contributed by atoms with Gasteiger partial charge < -0.3 is 20.3 Å². The molecule has 174 valence electrons. The molecule has 1 heterocycles. The minimum Gasteiger partial charge on any atom is -0.493 e. The van der Waals surface area contributed by atoms with Gasteiger partial charge in [0.25, 0.3) is 0 Å². The SMILES string of the molecule is CC[C@@](O)(CNS(=O)(=O)CCCCN1CC(=O)NC1O)c1cccc(OCC2CC2)c1. The highest BCUT2D eigenvalue weighted by atomic mass is 32.2. The monoisotopic (exact) mass is 455 g/mol. The van der Waals surface area contributed by atoms with Crippen molar-refractivity contribution in [2.75, 3.05) is 32.0 Å². The van der Waals surface area contributed by atoms with Gasteiger partial charge in [-0.05, 0) is 55.7 Å². The Morgan fingerprint density at radius 1 is 1.32 bits per heavy atom. The van der Waals surface area contributed by atoms with E-state index in [-0.39, 0.29) is 24.7 Å². The van der Waals surface area contributed by atoms with E-state index >= 15 is 0 Å². The van der Waals surface area contributed by atoms with Crippen molar-refractivity contribution < 1.29 is 28.2 Å². The van der Waals surface area contributed by atoms with E-state index in [1.165, 1.54) is 12.8 Å². The van der Waals surface area contributed by atoms with E-state index in [0.29, 0.717) is 49.6 Å². The van der Waals surface area contributed by atoms with E-state index in [9.17, 15) is 23.4 Å². The maximum Gasteiger partial charge on any atom is 0.237 e. The van der Waals surface area contributed by atoms with Crippen LogP contribution in [0.2, 0.25) is 0 Å². The van der Waals surface area contributed by atoms with Gasteiger partial charge in [-0.3, -0.25) is 9.69 Å². The standard InChI is InChI=1S/C21H33N3O6S/c1-2-21(27,17-6-5-7-18(12-17)30-14-16-8-9-16)15-22-31(28,29)11-4-3-10-24-13-19(25)23-20(24)26/h5-7,12,16,20,22,26-27H,2-4,8-11,13-15H2,1H3,(H,23,25)/t20?,21-/m1/s1. The largest absolute Gasteiger partial charge is 0.493 e. The molecule has 3 rings (SSSR count). The highest BCUT2D eigenvalue weighted by molar-refractivity contribution is 7.89. The number of carbonyl (C=O) groups excluding carboxylic acids is 1. The number of unbranched alkanes of at least 4 members (excludes halogenated alkanes) is 1. The fraction of sp³-hybridized carbons (Fsp3) is 0.667. The number of hydrogen-bond donors (Lipinski definition) is 4. The summed E-state index contributed by atoms with van der Waals surface area (Å²) in [6.45, 7) is 2.88. The molecule has 0 aromatic heterocycles. The number of aliphatic hydroxyl groups excluding tert-OH is 1. The van der Waals surface area contributed by atoms with Crippen LogP contribution in [0.5, 0.6) is 5.75 Å². The Hall–Kier alpha value is -1.72. The number of nitrogens with one attached hydrogen (secondary N) is 2. The highest BCUT2D eigenvalue weighted by Gasteiger charge is 2.30. The van der Waals surface area contributed by atoms with E-state index in [1.54, 1.807) is 23.1 Å². The van der Waals surface area contributed by atoms with Crippen molar-refractivity contribution in [3.05, 3.63) is 29.8 Å². The Morgan fingerprint density at radius 3 is 2.74 bits per heavy atom. The van der Waals surface area contributed by atoms with Gasteiger partial charge in [0.2, 0.25) is 15.9 Å². The summed E-state index contributed by atoms with van der Waals surface area (Å²) in [5, 5.41) is 23.1. The third kappa shape index (κ3) is 7.15. The molecule has 9 nitrogen and oxygen atoms in total. The van der Waals surface area contributed by atoms with Crippen LogP contribution in [0, 0.1) is 5.92 Å². The quantitative estimate of drug-likeness (QED) is 0.319. The van der Waals surface area contributed by atoms with Crippen molar-refractivity contribution in [3.63, 3.8) is 0 Å². The molecule has 2 atom stereocenters. The van der Waals surface area contributed by atoms with E-state index in [2.05, 4.69) is 10.0 Å². The third-order valence-corrected chi connectivity index (χ3v) is 7.22. The Balaban J connectivity index is 1.47. The highest BCUT2D eigenvalue weighted by Crippen LogP contribution is 2.31. The van der Waals surface area contributed by atoms with Gasteiger partial charge in [-0.25, -0.2) is 13.1 Å². The molecule has 1 aliphatic heterocycles. The summed E-state index contributed by atoms with van der Waals surface area (Å²) in [6.07, 6.45) is 2.61. The summed E-state index contributed by atoms with van der Waals surface area (Å²) in [7, 11) is -3.58. The lowest BCUT2D eigenvalue weighted by molar-refractivity contribution is -0.119. The van der Waals surface area contributed by atoms with Crippen molar-refractivity contribution in [3.8, 4) is 5.75 Å². The molecular weight excluding hydrogens is 422 g/mol. The lowest BCUT2D eigenvalue weighted by Crippen LogP contribution is -2.41. The Labute approximate surface area is 183 Å². The van der Waals surface area contributed by atoms with Crippen LogP contribution in [-0.2, 0) is 20.4 Å². The molecule has 0 bridgehead atoms. The summed E-state index contributed by atoms with van der Waals surface area (Å²) >= 11 is 0. The summed E-state index contributed by atoms with van der Waals surface area (Å²) in [5.41, 5.74) is -0.719. The molecule has 10 heteroatoms. The van der Waals surface area contributed by atoms with Gasteiger partial charge in [0.1, 0.15) is 11.4 Å². The average molecular weight is 456 g/mol. The smallest absolute Gasteiger partial charge is 0.237 e. The molecule has 0 spiro atoms. The van der Waals surface area contributed by atoms with Crippen molar-refractivity contribution >= 4 is 15.9 Å². The number of hydrogen-bond acceptors (Lipinski definition) is 7. The molecule has 1 saturated heterocycles. The first-order valence-corrected chi connectivity index (χ1v) is 12.5. The van der Waals surface area contributed by atoms with Gasteiger partial charge in [0.05, 0.1) is 18.9 Å². The summed E-state index contributed by atoms with van der Waals surface area (Å²) in [6, 6.07) is 7.20. The van der Waals surface area contributed by atoms with Crippen LogP contribution in [0.3, 0.4) is 0 Å². The molecular formula is C21H33N3O6S. The molecule has 1 aromatic carbocycles. The van der Waals surface area contributed by atoms with Crippen LogP contribution in [0.4, 0.5) is 0 Å². The molecule has 31 heavy (non-hydrogen) atoms. The predicted octanol–water partition coefficient (Wildman–Crippen LogP) is 0.480. The van der Waals surface area contributed by atoms with Crippen LogP contribution in [0.1, 0.15) is 44.6 Å². The lowest BCUT2D eigenvalue weighted by atomic mass is 9.91. The number of aliphatic hydroxyl groups is 2. The average Bonchev–Trinajstić information content (AvgIpc) is 3.52. The molecule has 2 aliphatic rings. The molecule has 4 N–H and O–H groups in total. The maximum atomic E-state index is 12.4. The fourth-order valence-electron chi connectivity index (χ4n) is 3.47. The number of rotatable bonds is 13. The van der Waals surface area contributed by atoms with Crippen LogP contribution >= 0.6 is 0 Å². The van der Waals surface area contributed by atoms with Crippen molar-refractivity contribution in [2.45, 2.75) is 51.0 Å². The zero-order valence-electron chi connectivity index (χ0n) is 17.9. The lowest BCUT2D eigenvalue weighted by Gasteiger charge is -2.28. The van der Waals surface area contributed by atoms with Gasteiger partial charge in [0.15, 0.2) is 6.35 Å². The Morgan fingerprint density at radius 2 is 2.10 bits per heavy atom. The zero-order valence-corrected chi connectivity index (χ0v) is 18.7. The van der Waals surface area contributed by atoms with Gasteiger partial charge >= 0.3 is 0 Å². The normalized spacial score (nSPS) is 21.6. The Bertz CT molecular complexity index is 860. The second-order valence-electron chi connectivity index (χ2n) is 8.43. The van der Waals surface area contributed by atoms with E-state index in [4.69, 9.17) is 4.74 Å². The topological polar surface area (TPSA) is 128 Å². The van der Waals surface area contributed by atoms with Crippen molar-refractivity contribution in [2.24, 2.45) is 5.92 Å². The fourth-order valence-corrected chi connectivity index (χ4v) is 4.65. The summed E-state index contributed by atoms with van der Waals surface area (Å²) in [5.74, 6) is 0.952. The van der Waals surface area contributed by atoms with Gasteiger partial charge in [-0.15, -0.1) is 0 Å². The minimum atomic E-state index is -3.58. The molecule has 1 aliphatic carbocycles. The van der Waals surface area contributed by atoms with Crippen LogP contribution in [-0.4, -0.2) is 67.8 Å². The number of ether oxygens (including phenoxy) is 1. The molecule has 1 saturated carbocycles. The number of nitrogens with zero attached hydrogens (tertiary/aromatic N) is 1. The van der Waals surface area contributed by atoms with Crippen LogP contribution in [0.15, 0.2) is 24.3 Å². The second-order valence-corrected chi connectivity index (χ2v) is 10.4. The summed E-state index contributed by atoms with van der Waals surface area (Å²) in [4.78, 5) is 12.8. The molecule has 0 radical (unpaired) electrons. The van der Waals surface area contributed by atoms with E-state index in [1.807, 2.05) is 13.0 Å². The third-order valence-electron chi connectivity index (χ3n) is 5.81. The molecule has 1 aromatic rings. The van der Waals surface area contributed by atoms with Crippen LogP contribution < -0.4 is 14.8 Å². The van der Waals surface area contributed by atoms with E-state index in [0.717, 1.165) is 0 Å². The van der Waals surface area contributed by atoms with Crippen LogP contribution in [0.25, 0.3) is 0 Å². The first-order chi connectivity index (χ1) is 14.7. The summed E-state index contributed by atoms with van der Waals surface area (Å²) < 4.78 is 33.1. The van der Waals surface area contributed by atoms with Gasteiger partial charge in [-0.1, -0.05) is 19.1 Å². The Kier molecular flexibility index (Phi) is 7.92. The number of amides is 1. The number of carbonyl (C=O) groups is 1. The zero-order chi connectivity index (χ0) is 22.5. The molecule has 1 unspecified atom stereocenters. The predicted molar refractivity (Wildman–Crippen MR) is 116 cm³/mol. The van der Waals surface area contributed by atoms with Gasteiger partial charge in [-0.2, -0.15) is 0 Å².